The highest BCUT2D eigenvalue weighted by Gasteiger charge is 2.26. The number of benzene rings is 3. The molecule has 7 nitrogen and oxygen atoms in total. The van der Waals surface area contributed by atoms with Crippen LogP contribution in [0.25, 0.3) is 22.4 Å². The standard InChI is InChI=1S/C28H28N2O5S/c1-18(2)17-20-9-11-21(12-10-20)19(3)27(31)34-28-25(22-13-15-24(16-14-22)36(29,32)33)26(30-35-28)23-7-5-4-6-8-23/h4-16,18-19H,17H2,1-3H3,(H2,29,32,33). The maximum absolute atomic E-state index is 13.1. The maximum atomic E-state index is 13.1. The predicted molar refractivity (Wildman–Crippen MR) is 138 cm³/mol. The molecule has 0 spiro atoms. The Bertz CT molecular complexity index is 1440. The van der Waals surface area contributed by atoms with Gasteiger partial charge in [-0.1, -0.05) is 85.7 Å². The highest BCUT2D eigenvalue weighted by atomic mass is 32.2. The van der Waals surface area contributed by atoms with Crippen LogP contribution in [0.15, 0.2) is 88.3 Å². The van der Waals surface area contributed by atoms with Crippen molar-refractivity contribution < 1.29 is 22.5 Å². The van der Waals surface area contributed by atoms with E-state index >= 15 is 0 Å². The maximum Gasteiger partial charge on any atom is 0.327 e. The molecule has 36 heavy (non-hydrogen) atoms. The summed E-state index contributed by atoms with van der Waals surface area (Å²) >= 11 is 0. The van der Waals surface area contributed by atoms with E-state index in [1.165, 1.54) is 17.7 Å². The van der Waals surface area contributed by atoms with Crippen LogP contribution in [0.2, 0.25) is 0 Å². The SMILES string of the molecule is CC(C)Cc1ccc(C(C)C(=O)Oc2onc(-c3ccccc3)c2-c2ccc(S(N)(=O)=O)cc2)cc1. The highest BCUT2D eigenvalue weighted by Crippen LogP contribution is 2.40. The van der Waals surface area contributed by atoms with E-state index in [-0.39, 0.29) is 10.8 Å². The molecular weight excluding hydrogens is 476 g/mol. The van der Waals surface area contributed by atoms with Crippen LogP contribution in [-0.4, -0.2) is 19.5 Å². The fraction of sp³-hybridized carbons (Fsp3) is 0.214. The van der Waals surface area contributed by atoms with Crippen molar-refractivity contribution in [1.29, 1.82) is 0 Å². The Labute approximate surface area is 210 Å². The molecule has 3 aromatic carbocycles. The molecule has 0 aliphatic carbocycles. The van der Waals surface area contributed by atoms with Gasteiger partial charge in [0.1, 0.15) is 5.69 Å². The van der Waals surface area contributed by atoms with E-state index in [0.29, 0.717) is 22.7 Å². The van der Waals surface area contributed by atoms with Crippen molar-refractivity contribution in [3.05, 3.63) is 90.0 Å². The number of nitrogens with zero attached hydrogens (tertiary/aromatic N) is 1. The van der Waals surface area contributed by atoms with Crippen LogP contribution in [0.5, 0.6) is 5.95 Å². The Kier molecular flexibility index (Phi) is 7.37. The molecule has 0 aliphatic rings. The quantitative estimate of drug-likeness (QED) is 0.314. The van der Waals surface area contributed by atoms with Crippen LogP contribution in [0, 0.1) is 5.92 Å². The topological polar surface area (TPSA) is 112 Å². The first-order valence-electron chi connectivity index (χ1n) is 11.6. The molecular formula is C28H28N2O5S. The van der Waals surface area contributed by atoms with Crippen LogP contribution < -0.4 is 9.88 Å². The van der Waals surface area contributed by atoms with E-state index in [4.69, 9.17) is 14.4 Å². The lowest BCUT2D eigenvalue weighted by molar-refractivity contribution is -0.137. The number of hydrogen-bond donors (Lipinski definition) is 1. The van der Waals surface area contributed by atoms with Crippen LogP contribution in [0.4, 0.5) is 0 Å². The minimum Gasteiger partial charge on any atom is -0.390 e. The predicted octanol–water partition coefficient (Wildman–Crippen LogP) is 5.56. The average molecular weight is 505 g/mol. The molecule has 1 atom stereocenters. The van der Waals surface area contributed by atoms with Crippen molar-refractivity contribution in [1.82, 2.24) is 5.16 Å². The van der Waals surface area contributed by atoms with Gasteiger partial charge in [-0.15, -0.1) is 0 Å². The number of ether oxygens (including phenoxy) is 1. The van der Waals surface area contributed by atoms with Crippen molar-refractivity contribution in [2.75, 3.05) is 0 Å². The van der Waals surface area contributed by atoms with Gasteiger partial charge in [0.05, 0.1) is 16.4 Å². The number of hydrogen-bond acceptors (Lipinski definition) is 6. The molecule has 8 heteroatoms. The number of carbonyl (C=O) groups excluding carboxylic acids is 1. The smallest absolute Gasteiger partial charge is 0.327 e. The zero-order valence-electron chi connectivity index (χ0n) is 20.3. The molecule has 1 unspecified atom stereocenters. The molecule has 0 fully saturated rings. The molecule has 2 N–H and O–H groups in total. The van der Waals surface area contributed by atoms with Crippen molar-refractivity contribution in [2.45, 2.75) is 38.0 Å². The van der Waals surface area contributed by atoms with E-state index in [1.807, 2.05) is 54.6 Å². The number of esters is 1. The fourth-order valence-corrected chi connectivity index (χ4v) is 4.45. The molecule has 4 aromatic rings. The lowest BCUT2D eigenvalue weighted by atomic mass is 9.97. The molecule has 0 aliphatic heterocycles. The third kappa shape index (κ3) is 5.72. The van der Waals surface area contributed by atoms with E-state index in [9.17, 15) is 13.2 Å². The molecule has 1 heterocycles. The molecule has 0 saturated heterocycles. The Morgan fingerprint density at radius 2 is 1.56 bits per heavy atom. The van der Waals surface area contributed by atoms with Gasteiger partial charge < -0.3 is 9.26 Å². The second-order valence-corrected chi connectivity index (χ2v) is 10.7. The van der Waals surface area contributed by atoms with Gasteiger partial charge in [0, 0.05) is 5.56 Å². The third-order valence-electron chi connectivity index (χ3n) is 5.85. The molecule has 1 aromatic heterocycles. The summed E-state index contributed by atoms with van der Waals surface area (Å²) < 4.78 is 34.6. The van der Waals surface area contributed by atoms with Crippen LogP contribution in [0.1, 0.15) is 37.8 Å². The summed E-state index contributed by atoms with van der Waals surface area (Å²) in [5, 5.41) is 9.40. The van der Waals surface area contributed by atoms with Crippen molar-refractivity contribution in [3.8, 4) is 28.3 Å². The van der Waals surface area contributed by atoms with Crippen molar-refractivity contribution in [2.24, 2.45) is 11.1 Å². The Morgan fingerprint density at radius 1 is 0.917 bits per heavy atom. The van der Waals surface area contributed by atoms with Crippen LogP contribution in [0.3, 0.4) is 0 Å². The number of nitrogens with two attached hydrogens (primary N) is 1. The Morgan fingerprint density at radius 3 is 2.14 bits per heavy atom. The van der Waals surface area contributed by atoms with Crippen LogP contribution in [-0.2, 0) is 21.2 Å². The zero-order valence-corrected chi connectivity index (χ0v) is 21.2. The summed E-state index contributed by atoms with van der Waals surface area (Å²) in [6.45, 7) is 6.10. The van der Waals surface area contributed by atoms with E-state index < -0.39 is 21.9 Å². The summed E-state index contributed by atoms with van der Waals surface area (Å²) in [4.78, 5) is 13.1. The second-order valence-electron chi connectivity index (χ2n) is 9.11. The average Bonchev–Trinajstić information content (AvgIpc) is 3.27. The first-order chi connectivity index (χ1) is 17.1. The normalized spacial score (nSPS) is 12.5. The Balaban J connectivity index is 1.66. The largest absolute Gasteiger partial charge is 0.390 e. The van der Waals surface area contributed by atoms with Crippen LogP contribution >= 0.6 is 0 Å². The minimum absolute atomic E-state index is 0.0305. The van der Waals surface area contributed by atoms with Gasteiger partial charge in [-0.05, 0) is 48.1 Å². The monoisotopic (exact) mass is 504 g/mol. The lowest BCUT2D eigenvalue weighted by Crippen LogP contribution is -2.16. The van der Waals surface area contributed by atoms with Crippen molar-refractivity contribution >= 4 is 16.0 Å². The van der Waals surface area contributed by atoms with Gasteiger partial charge in [-0.25, -0.2) is 13.6 Å². The van der Waals surface area contributed by atoms with Gasteiger partial charge in [-0.3, -0.25) is 4.79 Å². The van der Waals surface area contributed by atoms with Gasteiger partial charge >= 0.3 is 11.9 Å². The first kappa shape index (κ1) is 25.3. The van der Waals surface area contributed by atoms with E-state index in [1.54, 1.807) is 19.1 Å². The number of sulfonamides is 1. The van der Waals surface area contributed by atoms with Gasteiger partial charge in [-0.2, -0.15) is 0 Å². The number of aromatic nitrogens is 1. The summed E-state index contributed by atoms with van der Waals surface area (Å²) in [6, 6.07) is 23.2. The van der Waals surface area contributed by atoms with E-state index in [2.05, 4.69) is 19.0 Å². The van der Waals surface area contributed by atoms with Gasteiger partial charge in [0.25, 0.3) is 0 Å². The summed E-state index contributed by atoms with van der Waals surface area (Å²) in [7, 11) is -3.86. The molecule has 0 saturated carbocycles. The summed E-state index contributed by atoms with van der Waals surface area (Å²) in [6.07, 6.45) is 0.965. The lowest BCUT2D eigenvalue weighted by Gasteiger charge is -2.12. The molecule has 0 radical (unpaired) electrons. The molecule has 4 rings (SSSR count). The number of primary sulfonamides is 1. The van der Waals surface area contributed by atoms with Gasteiger partial charge in [0.2, 0.25) is 10.0 Å². The summed E-state index contributed by atoms with van der Waals surface area (Å²) in [5.74, 6) is -0.558. The number of rotatable bonds is 8. The highest BCUT2D eigenvalue weighted by molar-refractivity contribution is 7.89. The van der Waals surface area contributed by atoms with Crippen molar-refractivity contribution in [3.63, 3.8) is 0 Å². The molecule has 0 amide bonds. The molecule has 0 bridgehead atoms. The zero-order chi connectivity index (χ0) is 25.9. The third-order valence-corrected chi connectivity index (χ3v) is 6.78. The van der Waals surface area contributed by atoms with E-state index in [0.717, 1.165) is 17.5 Å². The molecule has 186 valence electrons. The number of carbonyl (C=O) groups is 1. The fourth-order valence-electron chi connectivity index (χ4n) is 3.93. The first-order valence-corrected chi connectivity index (χ1v) is 13.2. The minimum atomic E-state index is -3.86. The summed E-state index contributed by atoms with van der Waals surface area (Å²) in [5.41, 5.74) is 4.26. The Hall–Kier alpha value is -3.75. The van der Waals surface area contributed by atoms with Gasteiger partial charge in [0.15, 0.2) is 0 Å². The second kappa shape index (κ2) is 10.5.